The molecule has 0 N–H and O–H groups in total. The zero-order chi connectivity index (χ0) is 12.4. The maximum atomic E-state index is 13.5. The van der Waals surface area contributed by atoms with Crippen molar-refractivity contribution in [2.75, 3.05) is 0 Å². The predicted molar refractivity (Wildman–Crippen MR) is 62.2 cm³/mol. The normalized spacial score (nSPS) is 10.3. The van der Waals surface area contributed by atoms with E-state index >= 15 is 0 Å². The van der Waals surface area contributed by atoms with Crippen LogP contribution in [0.25, 0.3) is 11.1 Å². The first-order chi connectivity index (χ1) is 8.13. The zero-order valence-electron chi connectivity index (χ0n) is 8.58. The largest absolute Gasteiger partial charge is 0.298 e. The first-order valence-electron chi connectivity index (χ1n) is 4.82. The number of carbonyl (C=O) groups excluding carboxylic acids is 1. The lowest BCUT2D eigenvalue weighted by atomic mass is 10.0. The van der Waals surface area contributed by atoms with E-state index in [4.69, 9.17) is 11.6 Å². The molecule has 2 aromatic carbocycles. The fourth-order valence-corrected chi connectivity index (χ4v) is 1.78. The average Bonchev–Trinajstić information content (AvgIpc) is 2.29. The number of aldehydes is 1. The maximum Gasteiger partial charge on any atom is 0.151 e. The first kappa shape index (κ1) is 11.7. The van der Waals surface area contributed by atoms with Gasteiger partial charge < -0.3 is 0 Å². The highest BCUT2D eigenvalue weighted by Gasteiger charge is 2.12. The van der Waals surface area contributed by atoms with E-state index < -0.39 is 11.6 Å². The monoisotopic (exact) mass is 252 g/mol. The van der Waals surface area contributed by atoms with Crippen molar-refractivity contribution < 1.29 is 13.6 Å². The Morgan fingerprint density at radius 2 is 1.71 bits per heavy atom. The Bertz CT molecular complexity index is 561. The fourth-order valence-electron chi connectivity index (χ4n) is 1.55. The quantitative estimate of drug-likeness (QED) is 0.736. The fraction of sp³-hybridized carbons (Fsp3) is 0. The summed E-state index contributed by atoms with van der Waals surface area (Å²) in [5.41, 5.74) is 0.440. The summed E-state index contributed by atoms with van der Waals surface area (Å²) < 4.78 is 27.0. The summed E-state index contributed by atoms with van der Waals surface area (Å²) in [6.07, 6.45) is 0.587. The zero-order valence-corrected chi connectivity index (χ0v) is 9.34. The van der Waals surface area contributed by atoms with Gasteiger partial charge >= 0.3 is 0 Å². The molecule has 0 bridgehead atoms. The highest BCUT2D eigenvalue weighted by Crippen LogP contribution is 2.29. The first-order valence-corrected chi connectivity index (χ1v) is 5.20. The summed E-state index contributed by atoms with van der Waals surface area (Å²) >= 11 is 5.81. The number of carbonyl (C=O) groups is 1. The van der Waals surface area contributed by atoms with Crippen molar-refractivity contribution in [3.8, 4) is 11.1 Å². The van der Waals surface area contributed by atoms with Gasteiger partial charge in [-0.05, 0) is 29.8 Å². The van der Waals surface area contributed by atoms with Crippen molar-refractivity contribution in [3.05, 3.63) is 58.6 Å². The van der Waals surface area contributed by atoms with Gasteiger partial charge in [-0.15, -0.1) is 0 Å². The molecule has 0 unspecified atom stereocenters. The van der Waals surface area contributed by atoms with Gasteiger partial charge in [-0.25, -0.2) is 8.78 Å². The molecule has 86 valence electrons. The molecule has 0 fully saturated rings. The molecule has 17 heavy (non-hydrogen) atoms. The Balaban J connectivity index is 2.61. The summed E-state index contributed by atoms with van der Waals surface area (Å²) in [6.45, 7) is 0. The third-order valence-corrected chi connectivity index (χ3v) is 2.71. The second kappa shape index (κ2) is 4.63. The number of halogens is 3. The van der Waals surface area contributed by atoms with Crippen LogP contribution in [0.15, 0.2) is 36.4 Å². The summed E-state index contributed by atoms with van der Waals surface area (Å²) in [5.74, 6) is -1.33. The smallest absolute Gasteiger partial charge is 0.151 e. The standard InChI is InChI=1S/C13H7ClF2O/c14-10-6-8(4-5-9(10)7-17)13-11(15)2-1-3-12(13)16/h1-7H. The molecule has 0 aliphatic rings. The SMILES string of the molecule is O=Cc1ccc(-c2c(F)cccc2F)cc1Cl. The van der Waals surface area contributed by atoms with Gasteiger partial charge in [0.05, 0.1) is 10.6 Å². The molecule has 0 aromatic heterocycles. The Labute approximate surface area is 102 Å². The van der Waals surface area contributed by atoms with E-state index in [1.54, 1.807) is 0 Å². The molecule has 0 saturated carbocycles. The van der Waals surface area contributed by atoms with E-state index in [1.165, 1.54) is 36.4 Å². The second-order valence-corrected chi connectivity index (χ2v) is 3.86. The summed E-state index contributed by atoms with van der Waals surface area (Å²) in [7, 11) is 0. The Kier molecular flexibility index (Phi) is 3.20. The van der Waals surface area contributed by atoms with Crippen LogP contribution in [0.2, 0.25) is 5.02 Å². The predicted octanol–water partition coefficient (Wildman–Crippen LogP) is 4.10. The van der Waals surface area contributed by atoms with Gasteiger partial charge in [-0.3, -0.25) is 4.79 Å². The minimum absolute atomic E-state index is 0.146. The minimum atomic E-state index is -0.667. The number of hydrogen-bond acceptors (Lipinski definition) is 1. The molecule has 0 saturated heterocycles. The van der Waals surface area contributed by atoms with Gasteiger partial charge in [-0.1, -0.05) is 23.7 Å². The van der Waals surface area contributed by atoms with Crippen molar-refractivity contribution in [3.63, 3.8) is 0 Å². The van der Waals surface area contributed by atoms with Crippen LogP contribution in [0.1, 0.15) is 10.4 Å². The van der Waals surface area contributed by atoms with Crippen LogP contribution < -0.4 is 0 Å². The molecule has 2 aromatic rings. The summed E-state index contributed by atoms with van der Waals surface area (Å²) in [6, 6.07) is 7.87. The minimum Gasteiger partial charge on any atom is -0.298 e. The molecule has 0 spiro atoms. The van der Waals surface area contributed by atoms with Gasteiger partial charge in [0.15, 0.2) is 6.29 Å². The van der Waals surface area contributed by atoms with Crippen molar-refractivity contribution in [1.82, 2.24) is 0 Å². The van der Waals surface area contributed by atoms with Gasteiger partial charge in [0, 0.05) is 5.56 Å². The van der Waals surface area contributed by atoms with E-state index in [-0.39, 0.29) is 16.1 Å². The third kappa shape index (κ3) is 2.19. The van der Waals surface area contributed by atoms with Crippen LogP contribution in [0.5, 0.6) is 0 Å². The lowest BCUT2D eigenvalue weighted by molar-refractivity contribution is 0.112. The van der Waals surface area contributed by atoms with Crippen molar-refractivity contribution in [1.29, 1.82) is 0 Å². The van der Waals surface area contributed by atoms with Crippen LogP contribution in [0, 0.1) is 11.6 Å². The van der Waals surface area contributed by atoms with Gasteiger partial charge in [-0.2, -0.15) is 0 Å². The third-order valence-electron chi connectivity index (χ3n) is 2.38. The molecule has 0 aliphatic carbocycles. The summed E-state index contributed by atoms with van der Waals surface area (Å²) in [5, 5.41) is 0.167. The van der Waals surface area contributed by atoms with E-state index in [0.717, 1.165) is 0 Å². The van der Waals surface area contributed by atoms with Crippen LogP contribution in [0.4, 0.5) is 8.78 Å². The molecular formula is C13H7ClF2O. The molecule has 1 nitrogen and oxygen atoms in total. The Morgan fingerprint density at radius 1 is 1.06 bits per heavy atom. The average molecular weight is 253 g/mol. The van der Waals surface area contributed by atoms with E-state index in [1.807, 2.05) is 0 Å². The number of rotatable bonds is 2. The van der Waals surface area contributed by atoms with E-state index in [0.29, 0.717) is 11.8 Å². The highest BCUT2D eigenvalue weighted by atomic mass is 35.5. The highest BCUT2D eigenvalue weighted by molar-refractivity contribution is 6.33. The van der Waals surface area contributed by atoms with Crippen molar-refractivity contribution in [2.45, 2.75) is 0 Å². The van der Waals surface area contributed by atoms with Crippen LogP contribution >= 0.6 is 11.6 Å². The Morgan fingerprint density at radius 3 is 2.24 bits per heavy atom. The second-order valence-electron chi connectivity index (χ2n) is 3.45. The molecule has 0 amide bonds. The molecule has 4 heteroatoms. The maximum absolute atomic E-state index is 13.5. The van der Waals surface area contributed by atoms with E-state index in [9.17, 15) is 13.6 Å². The molecule has 2 rings (SSSR count). The van der Waals surface area contributed by atoms with Gasteiger partial charge in [0.25, 0.3) is 0 Å². The van der Waals surface area contributed by atoms with Crippen molar-refractivity contribution >= 4 is 17.9 Å². The van der Waals surface area contributed by atoms with Crippen molar-refractivity contribution in [2.24, 2.45) is 0 Å². The lowest BCUT2D eigenvalue weighted by Gasteiger charge is -2.06. The molecular weight excluding hydrogens is 246 g/mol. The molecule has 0 radical (unpaired) electrons. The lowest BCUT2D eigenvalue weighted by Crippen LogP contribution is -1.91. The van der Waals surface area contributed by atoms with Crippen LogP contribution in [-0.4, -0.2) is 6.29 Å². The summed E-state index contributed by atoms with van der Waals surface area (Å²) in [4.78, 5) is 10.6. The Hall–Kier alpha value is -1.74. The molecule has 0 heterocycles. The van der Waals surface area contributed by atoms with Gasteiger partial charge in [0.2, 0.25) is 0 Å². The van der Waals surface area contributed by atoms with E-state index in [2.05, 4.69) is 0 Å². The van der Waals surface area contributed by atoms with Gasteiger partial charge in [0.1, 0.15) is 11.6 Å². The molecule has 0 atom stereocenters. The van der Waals surface area contributed by atoms with Crippen LogP contribution in [0.3, 0.4) is 0 Å². The topological polar surface area (TPSA) is 17.1 Å². The molecule has 0 aliphatic heterocycles. The number of hydrogen-bond donors (Lipinski definition) is 0. The number of benzene rings is 2. The van der Waals surface area contributed by atoms with Crippen LogP contribution in [-0.2, 0) is 0 Å².